The van der Waals surface area contributed by atoms with E-state index in [-0.39, 0.29) is 0 Å². The molecule has 0 spiro atoms. The molecule has 0 saturated carbocycles. The van der Waals surface area contributed by atoms with Crippen LogP contribution in [0, 0.1) is 23.7 Å². The lowest BCUT2D eigenvalue weighted by molar-refractivity contribution is 0.675. The van der Waals surface area contributed by atoms with Crippen molar-refractivity contribution in [3.63, 3.8) is 0 Å². The summed E-state index contributed by atoms with van der Waals surface area (Å²) in [7, 11) is 0. The highest BCUT2D eigenvalue weighted by molar-refractivity contribution is 5.48. The first-order valence-electron chi connectivity index (χ1n) is 11.8. The summed E-state index contributed by atoms with van der Waals surface area (Å²) in [5, 5.41) is 0. The molecule has 2 aromatic rings. The molecule has 166 valence electrons. The highest BCUT2D eigenvalue weighted by Crippen LogP contribution is 2.07. The molecule has 0 bridgehead atoms. The van der Waals surface area contributed by atoms with Crippen LogP contribution in [0.15, 0.2) is 36.9 Å². The minimum Gasteiger partial charge on any atom is -0.229 e. The van der Waals surface area contributed by atoms with Gasteiger partial charge in [-0.3, -0.25) is 0 Å². The lowest BCUT2D eigenvalue weighted by atomic mass is 10.1. The minimum absolute atomic E-state index is 0.458. The van der Waals surface area contributed by atoms with Gasteiger partial charge in [-0.15, -0.1) is 0 Å². The van der Waals surface area contributed by atoms with Crippen molar-refractivity contribution in [2.24, 2.45) is 0 Å². The van der Waals surface area contributed by atoms with Crippen LogP contribution in [0.1, 0.15) is 101 Å². The molecule has 0 amide bonds. The van der Waals surface area contributed by atoms with Crippen LogP contribution in [0.4, 0.5) is 0 Å². The third kappa shape index (κ3) is 11.2. The minimum atomic E-state index is 0.458. The average Bonchev–Trinajstić information content (AvgIpc) is 2.83. The maximum atomic E-state index is 4.27. The maximum absolute atomic E-state index is 4.27. The predicted octanol–water partition coefficient (Wildman–Crippen LogP) is 6.64. The largest absolute Gasteiger partial charge is 0.229 e. The van der Waals surface area contributed by atoms with Crippen molar-refractivity contribution in [3.8, 4) is 23.7 Å². The second-order valence-corrected chi connectivity index (χ2v) is 7.68. The van der Waals surface area contributed by atoms with Crippen LogP contribution in [0.25, 0.3) is 12.2 Å². The van der Waals surface area contributed by atoms with Gasteiger partial charge in [-0.2, -0.15) is 0 Å². The van der Waals surface area contributed by atoms with Crippen LogP contribution >= 0.6 is 0 Å². The van der Waals surface area contributed by atoms with Crippen LogP contribution in [0.3, 0.4) is 0 Å². The Balaban J connectivity index is 1.78. The Morgan fingerprint density at radius 1 is 0.594 bits per heavy atom. The van der Waals surface area contributed by atoms with Crippen molar-refractivity contribution in [1.29, 1.82) is 0 Å². The van der Waals surface area contributed by atoms with Gasteiger partial charge in [0, 0.05) is 35.9 Å². The third-order valence-corrected chi connectivity index (χ3v) is 4.82. The molecule has 0 fully saturated rings. The summed E-state index contributed by atoms with van der Waals surface area (Å²) in [5.74, 6) is 12.2. The predicted molar refractivity (Wildman–Crippen MR) is 133 cm³/mol. The summed E-state index contributed by atoms with van der Waals surface area (Å²) in [6, 6.07) is 0. The summed E-state index contributed by atoms with van der Waals surface area (Å²) in [6.45, 7) is 4.45. The second-order valence-electron chi connectivity index (χ2n) is 7.68. The number of allylic oxidation sites excluding steroid dienone is 2. The van der Waals surface area contributed by atoms with E-state index >= 15 is 0 Å². The first-order chi connectivity index (χ1) is 15.8. The molecule has 0 N–H and O–H groups in total. The Bertz CT molecular complexity index is 867. The van der Waals surface area contributed by atoms with E-state index in [0.29, 0.717) is 11.6 Å². The monoisotopic (exact) mass is 426 g/mol. The molecule has 0 atom stereocenters. The molecular weight excluding hydrogens is 392 g/mol. The van der Waals surface area contributed by atoms with E-state index in [2.05, 4.69) is 81.8 Å². The van der Waals surface area contributed by atoms with Gasteiger partial charge in [0.2, 0.25) is 11.6 Å². The lowest BCUT2D eigenvalue weighted by Gasteiger charge is -1.95. The maximum Gasteiger partial charge on any atom is 0.205 e. The molecule has 0 unspecified atom stereocenters. The molecule has 2 aromatic heterocycles. The van der Waals surface area contributed by atoms with Crippen LogP contribution in [-0.4, -0.2) is 19.9 Å². The van der Waals surface area contributed by atoms with Gasteiger partial charge in [0.1, 0.15) is 0 Å². The van der Waals surface area contributed by atoms with Crippen LogP contribution in [0.2, 0.25) is 0 Å². The van der Waals surface area contributed by atoms with E-state index in [1.807, 2.05) is 0 Å². The zero-order valence-electron chi connectivity index (χ0n) is 19.5. The van der Waals surface area contributed by atoms with E-state index in [0.717, 1.165) is 24.0 Å². The Morgan fingerprint density at radius 3 is 1.38 bits per heavy atom. The summed E-state index contributed by atoms with van der Waals surface area (Å²) in [5.41, 5.74) is 1.97. The first-order valence-corrected chi connectivity index (χ1v) is 11.8. The molecule has 0 aliphatic rings. The molecule has 4 heteroatoms. The molecule has 0 aliphatic heterocycles. The van der Waals surface area contributed by atoms with E-state index < -0.39 is 0 Å². The van der Waals surface area contributed by atoms with E-state index in [4.69, 9.17) is 0 Å². The summed E-state index contributed by atoms with van der Waals surface area (Å²) >= 11 is 0. The Kier molecular flexibility index (Phi) is 12.9. The SMILES string of the molecule is CCCCCC/C=C/c1cnc(C#CC#Cc2ncc(/C=C/CCCCCC)cn2)nc1. The highest BCUT2D eigenvalue weighted by atomic mass is 14.9. The van der Waals surface area contributed by atoms with Crippen molar-refractivity contribution in [3.05, 3.63) is 59.7 Å². The lowest BCUT2D eigenvalue weighted by Crippen LogP contribution is -1.89. The zero-order chi connectivity index (χ0) is 22.7. The van der Waals surface area contributed by atoms with E-state index in [1.165, 1.54) is 51.4 Å². The number of unbranched alkanes of at least 4 members (excludes halogenated alkanes) is 8. The van der Waals surface area contributed by atoms with Gasteiger partial charge in [-0.1, -0.05) is 76.7 Å². The molecule has 2 heterocycles. The average molecular weight is 427 g/mol. The quantitative estimate of drug-likeness (QED) is 0.282. The van der Waals surface area contributed by atoms with Gasteiger partial charge < -0.3 is 0 Å². The van der Waals surface area contributed by atoms with Gasteiger partial charge in [-0.25, -0.2) is 19.9 Å². The fourth-order valence-electron chi connectivity index (χ4n) is 2.97. The van der Waals surface area contributed by atoms with Gasteiger partial charge in [0.15, 0.2) is 0 Å². The molecule has 0 aliphatic carbocycles. The van der Waals surface area contributed by atoms with Gasteiger partial charge >= 0.3 is 0 Å². The first kappa shape index (κ1) is 25.0. The number of nitrogens with zero attached hydrogens (tertiary/aromatic N) is 4. The summed E-state index contributed by atoms with van der Waals surface area (Å²) in [6.07, 6.45) is 28.0. The number of aromatic nitrogens is 4. The van der Waals surface area contributed by atoms with Crippen molar-refractivity contribution in [2.75, 3.05) is 0 Å². The van der Waals surface area contributed by atoms with Crippen LogP contribution < -0.4 is 0 Å². The van der Waals surface area contributed by atoms with E-state index in [1.54, 1.807) is 24.8 Å². The number of hydrogen-bond donors (Lipinski definition) is 0. The van der Waals surface area contributed by atoms with E-state index in [9.17, 15) is 0 Å². The summed E-state index contributed by atoms with van der Waals surface area (Å²) < 4.78 is 0. The number of hydrogen-bond acceptors (Lipinski definition) is 4. The third-order valence-electron chi connectivity index (χ3n) is 4.82. The van der Waals surface area contributed by atoms with Crippen molar-refractivity contribution in [1.82, 2.24) is 19.9 Å². The highest BCUT2D eigenvalue weighted by Gasteiger charge is 1.93. The Morgan fingerprint density at radius 2 is 1.00 bits per heavy atom. The normalized spacial score (nSPS) is 10.7. The smallest absolute Gasteiger partial charge is 0.205 e. The molecule has 0 radical (unpaired) electrons. The molecule has 0 saturated heterocycles. The fraction of sp³-hybridized carbons (Fsp3) is 0.429. The van der Waals surface area contributed by atoms with Crippen LogP contribution in [-0.2, 0) is 0 Å². The molecule has 4 nitrogen and oxygen atoms in total. The standard InChI is InChI=1S/C28H34N4/c1-3-5-7-9-11-13-17-25-21-29-27(30-22-25)19-15-16-20-28-31-23-26(24-32-28)18-14-12-10-8-6-4-2/h13-14,17-18,21-24H,3-12H2,1-2H3/b17-13+,18-14+. The molecule has 2 rings (SSSR count). The Hall–Kier alpha value is -3.24. The number of rotatable bonds is 12. The van der Waals surface area contributed by atoms with Gasteiger partial charge in [0.25, 0.3) is 0 Å². The summed E-state index contributed by atoms with van der Waals surface area (Å²) in [4.78, 5) is 17.1. The second kappa shape index (κ2) is 16.5. The zero-order valence-corrected chi connectivity index (χ0v) is 19.5. The fourth-order valence-corrected chi connectivity index (χ4v) is 2.97. The van der Waals surface area contributed by atoms with Crippen molar-refractivity contribution >= 4 is 12.2 Å². The van der Waals surface area contributed by atoms with Gasteiger partial charge in [0.05, 0.1) is 0 Å². The van der Waals surface area contributed by atoms with Crippen molar-refractivity contribution < 1.29 is 0 Å². The van der Waals surface area contributed by atoms with Gasteiger partial charge in [-0.05, 0) is 49.4 Å². The van der Waals surface area contributed by atoms with Crippen LogP contribution in [0.5, 0.6) is 0 Å². The molecule has 32 heavy (non-hydrogen) atoms. The molecule has 0 aromatic carbocycles. The molecular formula is C28H34N4. The van der Waals surface area contributed by atoms with Crippen molar-refractivity contribution in [2.45, 2.75) is 78.1 Å². The topological polar surface area (TPSA) is 51.6 Å². The Labute approximate surface area is 193 Å².